The molecule has 0 bridgehead atoms. The Morgan fingerprint density at radius 2 is 1.50 bits per heavy atom. The van der Waals surface area contributed by atoms with Gasteiger partial charge in [0.2, 0.25) is 0 Å². The molecule has 0 aromatic rings. The van der Waals surface area contributed by atoms with Crippen LogP contribution < -0.4 is 0 Å². The molecule has 0 aromatic heterocycles. The Labute approximate surface area is 78.8 Å². The van der Waals surface area contributed by atoms with Crippen molar-refractivity contribution in [3.05, 3.63) is 6.42 Å². The van der Waals surface area contributed by atoms with Crippen LogP contribution in [-0.2, 0) is 0 Å². The average molecular weight is 169 g/mol. The van der Waals surface area contributed by atoms with Crippen LogP contribution in [-0.4, -0.2) is 0 Å². The van der Waals surface area contributed by atoms with Crippen molar-refractivity contribution in [2.45, 2.75) is 65.7 Å². The van der Waals surface area contributed by atoms with Crippen molar-refractivity contribution in [1.82, 2.24) is 0 Å². The minimum atomic E-state index is 0.778. The zero-order valence-electron chi connectivity index (χ0n) is 9.10. The molecule has 0 aliphatic carbocycles. The van der Waals surface area contributed by atoms with Crippen molar-refractivity contribution >= 4 is 0 Å². The quantitative estimate of drug-likeness (QED) is 0.466. The molecule has 73 valence electrons. The molecule has 0 nitrogen and oxygen atoms in total. The second-order valence-corrected chi connectivity index (χ2v) is 4.04. The first-order valence-corrected chi connectivity index (χ1v) is 5.60. The third-order valence-electron chi connectivity index (χ3n) is 2.20. The Bertz CT molecular complexity index is 74.1. The normalized spacial score (nSPS) is 11.0. The molecule has 0 saturated carbocycles. The fraction of sp³-hybridized carbons (Fsp3) is 0.917. The highest BCUT2D eigenvalue weighted by atomic mass is 14.0. The monoisotopic (exact) mass is 169 g/mol. The smallest absolute Gasteiger partial charge is 0.0360 e. The van der Waals surface area contributed by atoms with E-state index in [1.807, 2.05) is 0 Å². The summed E-state index contributed by atoms with van der Waals surface area (Å²) in [4.78, 5) is 0. The fourth-order valence-corrected chi connectivity index (χ4v) is 1.38. The summed E-state index contributed by atoms with van der Waals surface area (Å²) in [6, 6.07) is 0. The lowest BCUT2D eigenvalue weighted by atomic mass is 10.0. The highest BCUT2D eigenvalue weighted by Crippen LogP contribution is 2.10. The summed E-state index contributed by atoms with van der Waals surface area (Å²) < 4.78 is 0. The van der Waals surface area contributed by atoms with Crippen LogP contribution in [0.1, 0.15) is 65.7 Å². The van der Waals surface area contributed by atoms with Gasteiger partial charge in [0, 0.05) is 0 Å². The molecule has 0 fully saturated rings. The number of hydrogen-bond acceptors (Lipinski definition) is 0. The first-order valence-electron chi connectivity index (χ1n) is 5.60. The molecular weight excluding hydrogens is 144 g/mol. The minimum absolute atomic E-state index is 0.778. The van der Waals surface area contributed by atoms with Gasteiger partial charge in [-0.2, -0.15) is 0 Å². The maximum absolute atomic E-state index is 2.43. The topological polar surface area (TPSA) is 0 Å². The first kappa shape index (κ1) is 12.0. The molecule has 0 heteroatoms. The van der Waals surface area contributed by atoms with Gasteiger partial charge in [0.05, 0.1) is 0 Å². The second-order valence-electron chi connectivity index (χ2n) is 4.04. The van der Waals surface area contributed by atoms with Gasteiger partial charge in [-0.1, -0.05) is 59.3 Å². The second kappa shape index (κ2) is 9.09. The van der Waals surface area contributed by atoms with E-state index >= 15 is 0 Å². The molecule has 0 rings (SSSR count). The summed E-state index contributed by atoms with van der Waals surface area (Å²) in [7, 11) is 0. The molecule has 0 unspecified atom stereocenters. The van der Waals surface area contributed by atoms with E-state index in [9.17, 15) is 0 Å². The van der Waals surface area contributed by atoms with Gasteiger partial charge in [0.1, 0.15) is 0 Å². The molecule has 12 heavy (non-hydrogen) atoms. The highest BCUT2D eigenvalue weighted by molar-refractivity contribution is 4.67. The zero-order chi connectivity index (χ0) is 9.23. The third kappa shape index (κ3) is 10.0. The van der Waals surface area contributed by atoms with E-state index in [1.54, 1.807) is 0 Å². The molecule has 0 heterocycles. The molecule has 0 atom stereocenters. The van der Waals surface area contributed by atoms with Crippen LogP contribution in [0.5, 0.6) is 0 Å². The van der Waals surface area contributed by atoms with E-state index in [0.29, 0.717) is 0 Å². The lowest BCUT2D eigenvalue weighted by Gasteiger charge is -2.03. The average Bonchev–Trinajstić information content (AvgIpc) is 2.02. The Hall–Kier alpha value is 0. The fourth-order valence-electron chi connectivity index (χ4n) is 1.38. The summed E-state index contributed by atoms with van der Waals surface area (Å²) >= 11 is 0. The summed E-state index contributed by atoms with van der Waals surface area (Å²) in [5.41, 5.74) is 0. The molecular formula is C12H25. The predicted octanol–water partition coefficient (Wildman–Crippen LogP) is 4.60. The van der Waals surface area contributed by atoms with Gasteiger partial charge in [-0.05, 0) is 18.8 Å². The van der Waals surface area contributed by atoms with Crippen LogP contribution in [0.4, 0.5) is 0 Å². The number of rotatable bonds is 8. The van der Waals surface area contributed by atoms with Gasteiger partial charge in [0.25, 0.3) is 0 Å². The number of unbranched alkanes of at least 4 members (excludes halogenated alkanes) is 6. The van der Waals surface area contributed by atoms with Gasteiger partial charge in [0.15, 0.2) is 0 Å². The van der Waals surface area contributed by atoms with Crippen molar-refractivity contribution < 1.29 is 0 Å². The van der Waals surface area contributed by atoms with E-state index in [4.69, 9.17) is 0 Å². The number of hydrogen-bond donors (Lipinski definition) is 0. The largest absolute Gasteiger partial charge is 0.0654 e. The highest BCUT2D eigenvalue weighted by Gasteiger charge is 1.94. The van der Waals surface area contributed by atoms with Crippen LogP contribution in [0.25, 0.3) is 0 Å². The van der Waals surface area contributed by atoms with E-state index in [1.165, 1.54) is 44.9 Å². The standard InChI is InChI=1S/C12H25/c1-4-5-6-7-8-9-10-11-12(2)3/h11-12H,4-10H2,1-3H3. The van der Waals surface area contributed by atoms with Crippen LogP contribution >= 0.6 is 0 Å². The molecule has 0 N–H and O–H groups in total. The summed E-state index contributed by atoms with van der Waals surface area (Å²) in [5, 5.41) is 0. The summed E-state index contributed by atoms with van der Waals surface area (Å²) in [6.07, 6.45) is 12.3. The first-order chi connectivity index (χ1) is 5.77. The predicted molar refractivity (Wildman–Crippen MR) is 57.1 cm³/mol. The van der Waals surface area contributed by atoms with E-state index < -0.39 is 0 Å². The maximum atomic E-state index is 2.43. The van der Waals surface area contributed by atoms with Crippen molar-refractivity contribution in [3.8, 4) is 0 Å². The molecule has 0 aromatic carbocycles. The molecule has 0 spiro atoms. The van der Waals surface area contributed by atoms with E-state index in [2.05, 4.69) is 27.2 Å². The zero-order valence-corrected chi connectivity index (χ0v) is 9.10. The molecule has 0 amide bonds. The SMILES string of the molecule is CCCCCCCC[CH]C(C)C. The summed E-state index contributed by atoms with van der Waals surface area (Å²) in [5.74, 6) is 0.778. The van der Waals surface area contributed by atoms with Gasteiger partial charge in [-0.25, -0.2) is 0 Å². The summed E-state index contributed by atoms with van der Waals surface area (Å²) in [6.45, 7) is 6.79. The van der Waals surface area contributed by atoms with Crippen LogP contribution in [0.3, 0.4) is 0 Å². The van der Waals surface area contributed by atoms with Crippen LogP contribution in [0.15, 0.2) is 0 Å². The van der Waals surface area contributed by atoms with E-state index in [-0.39, 0.29) is 0 Å². The van der Waals surface area contributed by atoms with Gasteiger partial charge in [-0.3, -0.25) is 0 Å². The van der Waals surface area contributed by atoms with Crippen molar-refractivity contribution in [3.63, 3.8) is 0 Å². The van der Waals surface area contributed by atoms with Gasteiger partial charge >= 0.3 is 0 Å². The Morgan fingerprint density at radius 3 is 2.08 bits per heavy atom. The molecule has 1 radical (unpaired) electrons. The third-order valence-corrected chi connectivity index (χ3v) is 2.20. The molecule has 0 aliphatic heterocycles. The molecule has 0 aliphatic rings. The minimum Gasteiger partial charge on any atom is -0.0654 e. The van der Waals surface area contributed by atoms with Crippen molar-refractivity contribution in [1.29, 1.82) is 0 Å². The van der Waals surface area contributed by atoms with Crippen molar-refractivity contribution in [2.24, 2.45) is 5.92 Å². The molecule has 0 saturated heterocycles. The van der Waals surface area contributed by atoms with Crippen LogP contribution in [0.2, 0.25) is 0 Å². The Balaban J connectivity index is 2.82. The van der Waals surface area contributed by atoms with E-state index in [0.717, 1.165) is 5.92 Å². The van der Waals surface area contributed by atoms with Crippen molar-refractivity contribution in [2.75, 3.05) is 0 Å². The van der Waals surface area contributed by atoms with Gasteiger partial charge < -0.3 is 0 Å². The maximum Gasteiger partial charge on any atom is -0.0360 e. The lowest BCUT2D eigenvalue weighted by Crippen LogP contribution is -1.88. The lowest BCUT2D eigenvalue weighted by molar-refractivity contribution is 0.586. The van der Waals surface area contributed by atoms with Gasteiger partial charge in [-0.15, -0.1) is 0 Å². The Kier molecular flexibility index (Phi) is 9.09. The Morgan fingerprint density at radius 1 is 0.917 bits per heavy atom. The van der Waals surface area contributed by atoms with Crippen LogP contribution in [0, 0.1) is 12.3 Å².